The first kappa shape index (κ1) is 17.4. The van der Waals surface area contributed by atoms with Gasteiger partial charge in [-0.25, -0.2) is 18.2 Å². The molecule has 0 aliphatic carbocycles. The lowest BCUT2D eigenvalue weighted by atomic mass is 10.2. The number of primary sulfonamides is 1. The van der Waals surface area contributed by atoms with E-state index < -0.39 is 15.9 Å². The van der Waals surface area contributed by atoms with Crippen molar-refractivity contribution in [2.45, 2.75) is 31.7 Å². The van der Waals surface area contributed by atoms with Crippen LogP contribution in [0.4, 0.5) is 0 Å². The first-order chi connectivity index (χ1) is 10.6. The molecular weight excluding hydrogens is 338 g/mol. The average Bonchev–Trinajstić information content (AvgIpc) is 2.75. The van der Waals surface area contributed by atoms with E-state index in [9.17, 15) is 13.2 Å². The molecule has 0 bridgehead atoms. The second-order valence-corrected chi connectivity index (χ2v) is 7.92. The highest BCUT2D eigenvalue weighted by Crippen LogP contribution is 2.04. The summed E-state index contributed by atoms with van der Waals surface area (Å²) in [6.45, 7) is 5.89. The van der Waals surface area contributed by atoms with E-state index in [1.54, 1.807) is 0 Å². The smallest absolute Gasteiger partial charge is 0.265 e. The predicted molar refractivity (Wildman–Crippen MR) is 83.9 cm³/mol. The van der Waals surface area contributed by atoms with Crippen molar-refractivity contribution in [3.8, 4) is 0 Å². The Balaban J connectivity index is 2.35. The second kappa shape index (κ2) is 6.30. The van der Waals surface area contributed by atoms with Crippen LogP contribution in [0.3, 0.4) is 0 Å². The van der Waals surface area contributed by atoms with Crippen molar-refractivity contribution in [1.82, 2.24) is 9.78 Å². The molecule has 8 nitrogen and oxygen atoms in total. The lowest BCUT2D eigenvalue weighted by Gasteiger charge is -2.03. The Bertz CT molecular complexity index is 918. The van der Waals surface area contributed by atoms with Crippen molar-refractivity contribution in [3.63, 3.8) is 0 Å². The predicted octanol–water partition coefficient (Wildman–Crippen LogP) is -0.531. The number of aryl methyl sites for hydroxylation is 4. The Morgan fingerprint density at radius 2 is 1.91 bits per heavy atom. The number of amides is 1. The Morgan fingerprint density at radius 1 is 1.35 bits per heavy atom. The molecule has 0 aliphatic rings. The van der Waals surface area contributed by atoms with Gasteiger partial charge in [-0.2, -0.15) is 9.56 Å². The molecule has 2 rings (SSSR count). The molecule has 0 atom stereocenters. The van der Waals surface area contributed by atoms with Crippen molar-refractivity contribution >= 4 is 27.3 Å². The van der Waals surface area contributed by atoms with Crippen molar-refractivity contribution < 1.29 is 17.8 Å². The summed E-state index contributed by atoms with van der Waals surface area (Å²) < 4.78 is 25.4. The highest BCUT2D eigenvalue weighted by molar-refractivity contribution is 7.91. The van der Waals surface area contributed by atoms with Crippen LogP contribution in [-0.4, -0.2) is 24.1 Å². The fourth-order valence-corrected chi connectivity index (χ4v) is 3.77. The van der Waals surface area contributed by atoms with Crippen LogP contribution in [0.5, 0.6) is 0 Å². The summed E-state index contributed by atoms with van der Waals surface area (Å²) in [5.41, 5.74) is 3.02. The zero-order chi connectivity index (χ0) is 17.4. The van der Waals surface area contributed by atoms with E-state index in [1.807, 2.05) is 37.5 Å². The molecule has 0 unspecified atom stereocenters. The van der Waals surface area contributed by atoms with Gasteiger partial charge in [0.2, 0.25) is 15.7 Å². The zero-order valence-electron chi connectivity index (χ0n) is 13.3. The molecule has 0 radical (unpaired) electrons. The van der Waals surface area contributed by atoms with Gasteiger partial charge in [-0.3, -0.25) is 4.79 Å². The third-order valence-corrected chi connectivity index (χ3v) is 5.48. The Hall–Kier alpha value is -1.91. The minimum atomic E-state index is -3.91. The van der Waals surface area contributed by atoms with Gasteiger partial charge in [-0.15, -0.1) is 5.10 Å². The van der Waals surface area contributed by atoms with Crippen LogP contribution in [-0.2, 0) is 28.4 Å². The van der Waals surface area contributed by atoms with Crippen LogP contribution >= 0.6 is 11.3 Å². The molecule has 0 fully saturated rings. The maximum absolute atomic E-state index is 12.2. The highest BCUT2D eigenvalue weighted by atomic mass is 32.2. The number of aromatic nitrogens is 3. The molecule has 2 aromatic heterocycles. The molecule has 0 saturated carbocycles. The number of rotatable bonds is 3. The first-order valence-corrected chi connectivity index (χ1v) is 9.06. The fraction of sp³-hybridized carbons (Fsp3) is 0.385. The molecule has 23 heavy (non-hydrogen) atoms. The molecule has 10 heteroatoms. The molecule has 2 aromatic rings. The lowest BCUT2D eigenvalue weighted by molar-refractivity contribution is -0.696. The largest absolute Gasteiger partial charge is 0.314 e. The van der Waals surface area contributed by atoms with Crippen LogP contribution in [0.25, 0.3) is 0 Å². The third kappa shape index (κ3) is 4.09. The Kier molecular flexibility index (Phi) is 4.78. The summed E-state index contributed by atoms with van der Waals surface area (Å²) >= 11 is 0.758. The van der Waals surface area contributed by atoms with Crippen molar-refractivity contribution in [1.29, 1.82) is 0 Å². The third-order valence-electron chi connectivity index (χ3n) is 3.17. The van der Waals surface area contributed by atoms with Gasteiger partial charge in [0, 0.05) is 33.0 Å². The van der Waals surface area contributed by atoms with Crippen LogP contribution < -0.4 is 14.5 Å². The number of carbonyl (C=O) groups excluding carboxylic acids is 1. The van der Waals surface area contributed by atoms with Gasteiger partial charge >= 0.3 is 5.91 Å². The van der Waals surface area contributed by atoms with E-state index >= 15 is 0 Å². The molecule has 0 saturated heterocycles. The van der Waals surface area contributed by atoms with E-state index in [-0.39, 0.29) is 15.7 Å². The number of hydrogen-bond donors (Lipinski definition) is 1. The molecule has 0 spiro atoms. The van der Waals surface area contributed by atoms with E-state index in [0.29, 0.717) is 0 Å². The number of nitrogens with two attached hydrogens (primary N) is 1. The monoisotopic (exact) mass is 356 g/mol. The van der Waals surface area contributed by atoms with Crippen LogP contribution in [0.2, 0.25) is 0 Å². The molecule has 0 aliphatic heterocycles. The van der Waals surface area contributed by atoms with Crippen LogP contribution in [0, 0.1) is 20.8 Å². The summed E-state index contributed by atoms with van der Waals surface area (Å²) in [5.74, 6) is -0.398. The number of sulfonamides is 1. The van der Waals surface area contributed by atoms with Crippen LogP contribution in [0.1, 0.15) is 17.0 Å². The van der Waals surface area contributed by atoms with Gasteiger partial charge in [-0.1, -0.05) is 11.3 Å². The second-order valence-electron chi connectivity index (χ2n) is 5.23. The molecule has 2 N–H and O–H groups in total. The van der Waals surface area contributed by atoms with Gasteiger partial charge in [0.05, 0.1) is 0 Å². The van der Waals surface area contributed by atoms with Crippen molar-refractivity contribution in [3.05, 3.63) is 33.9 Å². The minimum absolute atomic E-state index is 0.0700. The summed E-state index contributed by atoms with van der Waals surface area (Å²) in [5, 5.41) is 8.78. The van der Waals surface area contributed by atoms with E-state index in [4.69, 9.17) is 5.14 Å². The highest BCUT2D eigenvalue weighted by Gasteiger charge is 2.18. The maximum atomic E-state index is 12.2. The SMILES string of the molecule is Cc1cc(C)[n+](CC(=O)N=c2sc(S(N)(=O)=O)nn2C)c(C)c1. The summed E-state index contributed by atoms with van der Waals surface area (Å²) in [7, 11) is -2.40. The van der Waals surface area contributed by atoms with Gasteiger partial charge in [0.25, 0.3) is 10.0 Å². The molecule has 124 valence electrons. The number of carbonyl (C=O) groups is 1. The topological polar surface area (TPSA) is 111 Å². The van der Waals surface area contributed by atoms with Gasteiger partial charge in [0.1, 0.15) is 0 Å². The lowest BCUT2D eigenvalue weighted by Crippen LogP contribution is -2.43. The molecule has 1 amide bonds. The van der Waals surface area contributed by atoms with Gasteiger partial charge in [-0.05, 0) is 12.5 Å². The fourth-order valence-electron chi connectivity index (χ4n) is 2.20. The van der Waals surface area contributed by atoms with Crippen LogP contribution in [0.15, 0.2) is 21.5 Å². The molecular formula is C13H18N5O3S2+. The standard InChI is InChI=1S/C13H18N5O3S2/c1-8-5-9(2)18(10(3)6-8)7-11(19)15-12-17(4)16-13(22-12)23(14,20)21/h5-6H,7H2,1-4H3,(H2,14,20,21)/q+1. The summed E-state index contributed by atoms with van der Waals surface area (Å²) in [6, 6.07) is 3.96. The van der Waals surface area contributed by atoms with Gasteiger partial charge < -0.3 is 0 Å². The zero-order valence-corrected chi connectivity index (χ0v) is 14.9. The maximum Gasteiger partial charge on any atom is 0.314 e. The van der Waals surface area contributed by atoms with E-state index in [1.165, 1.54) is 11.7 Å². The molecule has 0 aromatic carbocycles. The summed E-state index contributed by atoms with van der Waals surface area (Å²) in [6.07, 6.45) is 0. The quantitative estimate of drug-likeness (QED) is 0.745. The first-order valence-electron chi connectivity index (χ1n) is 6.70. The van der Waals surface area contributed by atoms with E-state index in [0.717, 1.165) is 28.3 Å². The van der Waals surface area contributed by atoms with Gasteiger partial charge in [0.15, 0.2) is 11.4 Å². The Morgan fingerprint density at radius 3 is 2.39 bits per heavy atom. The van der Waals surface area contributed by atoms with E-state index in [2.05, 4.69) is 10.1 Å². The minimum Gasteiger partial charge on any atom is -0.265 e. The van der Waals surface area contributed by atoms with Crippen molar-refractivity contribution in [2.75, 3.05) is 0 Å². The Labute approximate surface area is 138 Å². The average molecular weight is 356 g/mol. The van der Waals surface area contributed by atoms with Crippen molar-refractivity contribution in [2.24, 2.45) is 17.2 Å². The normalized spacial score (nSPS) is 12.7. The number of pyridine rings is 1. The number of nitrogens with zero attached hydrogens (tertiary/aromatic N) is 4. The summed E-state index contributed by atoms with van der Waals surface area (Å²) in [4.78, 5) is 16.3. The number of hydrogen-bond acceptors (Lipinski definition) is 5. The molecule has 2 heterocycles.